The minimum absolute atomic E-state index is 0.0312. The molecule has 0 amide bonds. The lowest BCUT2D eigenvalue weighted by atomic mass is 10.3. The molecule has 0 spiro atoms. The average Bonchev–Trinajstić information content (AvgIpc) is 2.95. The third kappa shape index (κ3) is 3.04. The summed E-state index contributed by atoms with van der Waals surface area (Å²) in [6.07, 6.45) is 0. The van der Waals surface area contributed by atoms with Crippen LogP contribution < -0.4 is 10.6 Å². The van der Waals surface area contributed by atoms with Crippen LogP contribution in [0.1, 0.15) is 37.5 Å². The van der Waals surface area contributed by atoms with Gasteiger partial charge in [-0.3, -0.25) is 0 Å². The number of hydrogen-bond donors (Lipinski definition) is 2. The molecule has 0 saturated heterocycles. The van der Waals surface area contributed by atoms with Crippen LogP contribution in [-0.4, -0.2) is 26.9 Å². The SMILES string of the molecule is CCNC(C)c1nnc(NCc2nc(C)no2)o1. The summed E-state index contributed by atoms with van der Waals surface area (Å²) in [5, 5.41) is 17.6. The molecule has 2 aromatic heterocycles. The number of rotatable bonds is 6. The largest absolute Gasteiger partial charge is 0.406 e. The Bertz CT molecular complexity index is 494. The molecule has 2 heterocycles. The molecule has 0 aromatic carbocycles. The first-order valence-corrected chi connectivity index (χ1v) is 5.79. The van der Waals surface area contributed by atoms with Gasteiger partial charge in [0.1, 0.15) is 0 Å². The molecule has 0 radical (unpaired) electrons. The van der Waals surface area contributed by atoms with Crippen molar-refractivity contribution < 1.29 is 8.94 Å². The summed E-state index contributed by atoms with van der Waals surface area (Å²) >= 11 is 0. The van der Waals surface area contributed by atoms with E-state index in [9.17, 15) is 0 Å². The zero-order valence-electron chi connectivity index (χ0n) is 10.6. The predicted octanol–water partition coefficient (Wildman–Crippen LogP) is 1.04. The molecular formula is C10H16N6O2. The van der Waals surface area contributed by atoms with Crippen LogP contribution in [0.2, 0.25) is 0 Å². The van der Waals surface area contributed by atoms with Crippen molar-refractivity contribution in [3.8, 4) is 0 Å². The molecule has 0 saturated carbocycles. The van der Waals surface area contributed by atoms with E-state index in [0.29, 0.717) is 30.2 Å². The molecule has 0 aliphatic heterocycles. The van der Waals surface area contributed by atoms with Crippen LogP contribution >= 0.6 is 0 Å². The Balaban J connectivity index is 1.90. The van der Waals surface area contributed by atoms with E-state index in [1.165, 1.54) is 0 Å². The summed E-state index contributed by atoms with van der Waals surface area (Å²) in [6, 6.07) is 0.370. The van der Waals surface area contributed by atoms with Gasteiger partial charge in [-0.2, -0.15) is 4.98 Å². The summed E-state index contributed by atoms with van der Waals surface area (Å²) in [6.45, 7) is 6.94. The number of aromatic nitrogens is 4. The van der Waals surface area contributed by atoms with E-state index < -0.39 is 0 Å². The Labute approximate surface area is 104 Å². The van der Waals surface area contributed by atoms with Crippen molar-refractivity contribution in [1.29, 1.82) is 0 Å². The fraction of sp³-hybridized carbons (Fsp3) is 0.600. The lowest BCUT2D eigenvalue weighted by Gasteiger charge is -2.05. The molecule has 0 aliphatic rings. The second-order valence-corrected chi connectivity index (χ2v) is 3.81. The number of anilines is 1. The summed E-state index contributed by atoms with van der Waals surface area (Å²) in [7, 11) is 0. The zero-order valence-corrected chi connectivity index (χ0v) is 10.6. The predicted molar refractivity (Wildman–Crippen MR) is 62.8 cm³/mol. The maximum atomic E-state index is 5.44. The van der Waals surface area contributed by atoms with Crippen LogP contribution in [0.15, 0.2) is 8.94 Å². The molecule has 0 bridgehead atoms. The Hall–Kier alpha value is -1.96. The van der Waals surface area contributed by atoms with E-state index in [0.717, 1.165) is 6.54 Å². The van der Waals surface area contributed by atoms with Gasteiger partial charge < -0.3 is 19.6 Å². The first kappa shape index (κ1) is 12.5. The van der Waals surface area contributed by atoms with Crippen molar-refractivity contribution in [1.82, 2.24) is 25.7 Å². The molecule has 1 unspecified atom stereocenters. The summed E-state index contributed by atoms with van der Waals surface area (Å²) < 4.78 is 10.4. The first-order chi connectivity index (χ1) is 8.69. The molecule has 18 heavy (non-hydrogen) atoms. The van der Waals surface area contributed by atoms with Crippen LogP contribution in [0.3, 0.4) is 0 Å². The highest BCUT2D eigenvalue weighted by Crippen LogP contribution is 2.13. The van der Waals surface area contributed by atoms with Crippen molar-refractivity contribution in [2.75, 3.05) is 11.9 Å². The van der Waals surface area contributed by atoms with Crippen molar-refractivity contribution >= 4 is 6.01 Å². The second-order valence-electron chi connectivity index (χ2n) is 3.81. The number of nitrogens with one attached hydrogen (secondary N) is 2. The highest BCUT2D eigenvalue weighted by molar-refractivity contribution is 5.17. The number of nitrogens with zero attached hydrogens (tertiary/aromatic N) is 4. The van der Waals surface area contributed by atoms with Gasteiger partial charge in [0, 0.05) is 0 Å². The van der Waals surface area contributed by atoms with E-state index in [2.05, 4.69) is 31.0 Å². The third-order valence-electron chi connectivity index (χ3n) is 2.28. The third-order valence-corrected chi connectivity index (χ3v) is 2.28. The standard InChI is InChI=1S/C10H16N6O2/c1-4-11-6(2)9-14-15-10(17-9)12-5-8-13-7(3)16-18-8/h6,11H,4-5H2,1-3H3,(H,12,15). The van der Waals surface area contributed by atoms with Gasteiger partial charge in [-0.15, -0.1) is 5.10 Å². The second kappa shape index (κ2) is 5.58. The highest BCUT2D eigenvalue weighted by atomic mass is 16.5. The monoisotopic (exact) mass is 252 g/mol. The molecule has 98 valence electrons. The normalized spacial score (nSPS) is 12.6. The van der Waals surface area contributed by atoms with Gasteiger partial charge in [0.25, 0.3) is 0 Å². The molecule has 8 nitrogen and oxygen atoms in total. The average molecular weight is 252 g/mol. The minimum Gasteiger partial charge on any atom is -0.406 e. The molecule has 2 aromatic rings. The van der Waals surface area contributed by atoms with Crippen LogP contribution in [0, 0.1) is 6.92 Å². The smallest absolute Gasteiger partial charge is 0.315 e. The van der Waals surface area contributed by atoms with E-state index in [4.69, 9.17) is 8.94 Å². The van der Waals surface area contributed by atoms with Gasteiger partial charge in [-0.1, -0.05) is 17.2 Å². The van der Waals surface area contributed by atoms with Crippen molar-refractivity contribution in [2.24, 2.45) is 0 Å². The molecule has 8 heteroatoms. The Kier molecular flexibility index (Phi) is 3.88. The molecular weight excluding hydrogens is 236 g/mol. The van der Waals surface area contributed by atoms with Gasteiger partial charge in [-0.25, -0.2) is 0 Å². The molecule has 2 N–H and O–H groups in total. The van der Waals surface area contributed by atoms with Crippen molar-refractivity contribution in [3.63, 3.8) is 0 Å². The maximum Gasteiger partial charge on any atom is 0.315 e. The summed E-state index contributed by atoms with van der Waals surface area (Å²) in [5.74, 6) is 1.62. The van der Waals surface area contributed by atoms with Gasteiger partial charge in [-0.05, 0) is 20.4 Å². The minimum atomic E-state index is 0.0312. The number of aryl methyl sites for hydroxylation is 1. The first-order valence-electron chi connectivity index (χ1n) is 5.79. The van der Waals surface area contributed by atoms with Gasteiger partial charge in [0.05, 0.1) is 12.6 Å². The molecule has 0 fully saturated rings. The highest BCUT2D eigenvalue weighted by Gasteiger charge is 2.13. The lowest BCUT2D eigenvalue weighted by molar-refractivity contribution is 0.377. The van der Waals surface area contributed by atoms with Crippen molar-refractivity contribution in [3.05, 3.63) is 17.6 Å². The fourth-order valence-electron chi connectivity index (χ4n) is 1.44. The van der Waals surface area contributed by atoms with Gasteiger partial charge in [0.2, 0.25) is 11.8 Å². The topological polar surface area (TPSA) is 102 Å². The van der Waals surface area contributed by atoms with Crippen LogP contribution in [0.4, 0.5) is 6.01 Å². The quantitative estimate of drug-likeness (QED) is 0.786. The van der Waals surface area contributed by atoms with Gasteiger partial charge in [0.15, 0.2) is 5.82 Å². The number of hydrogen-bond acceptors (Lipinski definition) is 8. The zero-order chi connectivity index (χ0) is 13.0. The lowest BCUT2D eigenvalue weighted by Crippen LogP contribution is -2.17. The van der Waals surface area contributed by atoms with Crippen LogP contribution in [0.5, 0.6) is 0 Å². The Morgan fingerprint density at radius 2 is 2.17 bits per heavy atom. The van der Waals surface area contributed by atoms with Crippen LogP contribution in [-0.2, 0) is 6.54 Å². The molecule has 2 rings (SSSR count). The van der Waals surface area contributed by atoms with E-state index >= 15 is 0 Å². The van der Waals surface area contributed by atoms with Crippen molar-refractivity contribution in [2.45, 2.75) is 33.4 Å². The molecule has 1 atom stereocenters. The van der Waals surface area contributed by atoms with E-state index in [1.54, 1.807) is 6.92 Å². The Morgan fingerprint density at radius 3 is 2.83 bits per heavy atom. The van der Waals surface area contributed by atoms with E-state index in [1.807, 2.05) is 13.8 Å². The summed E-state index contributed by atoms with van der Waals surface area (Å²) in [5.41, 5.74) is 0. The fourth-order valence-corrected chi connectivity index (χ4v) is 1.44. The van der Waals surface area contributed by atoms with Crippen LogP contribution in [0.25, 0.3) is 0 Å². The maximum absolute atomic E-state index is 5.44. The van der Waals surface area contributed by atoms with Gasteiger partial charge >= 0.3 is 6.01 Å². The molecule has 0 aliphatic carbocycles. The Morgan fingerprint density at radius 1 is 1.33 bits per heavy atom. The van der Waals surface area contributed by atoms with E-state index in [-0.39, 0.29) is 6.04 Å². The summed E-state index contributed by atoms with van der Waals surface area (Å²) in [4.78, 5) is 4.05.